The predicted molar refractivity (Wildman–Crippen MR) is 63.5 cm³/mol. The molecule has 84 valence electrons. The fourth-order valence-corrected chi connectivity index (χ4v) is 3.35. The lowest BCUT2D eigenvalue weighted by atomic mass is 9.56. The van der Waals surface area contributed by atoms with Gasteiger partial charge >= 0.3 is 0 Å². The second-order valence-electron chi connectivity index (χ2n) is 5.08. The van der Waals surface area contributed by atoms with Crippen LogP contribution in [0.25, 0.3) is 0 Å². The molecule has 0 aromatic heterocycles. The van der Waals surface area contributed by atoms with Crippen molar-refractivity contribution in [1.29, 1.82) is 0 Å². The molecule has 2 rings (SSSR count). The predicted octanol–water partition coefficient (Wildman–Crippen LogP) is 3.59. The maximum Gasteiger partial charge on any atom is 0.00644 e. The zero-order valence-corrected chi connectivity index (χ0v) is 10.4. The van der Waals surface area contributed by atoms with Crippen LogP contribution in [0, 0.1) is 11.3 Å². The third kappa shape index (κ3) is 2.50. The zero-order valence-electron chi connectivity index (χ0n) is 10.4. The number of nitrogens with one attached hydrogen (secondary N) is 1. The molecule has 2 aliphatic rings. The zero-order chi connectivity index (χ0) is 10.6. The van der Waals surface area contributed by atoms with Crippen molar-refractivity contribution in [2.75, 3.05) is 7.05 Å². The van der Waals surface area contributed by atoms with Crippen LogP contribution >= 0.6 is 0 Å². The van der Waals surface area contributed by atoms with E-state index in [0.717, 1.165) is 17.4 Å². The van der Waals surface area contributed by atoms with E-state index in [2.05, 4.69) is 19.3 Å². The highest BCUT2D eigenvalue weighted by Crippen LogP contribution is 2.54. The fourth-order valence-electron chi connectivity index (χ4n) is 3.35. The molecule has 0 heterocycles. The van der Waals surface area contributed by atoms with Gasteiger partial charge in [0.2, 0.25) is 0 Å². The highest BCUT2D eigenvalue weighted by atomic mass is 14.9. The van der Waals surface area contributed by atoms with Crippen LogP contribution in [0.15, 0.2) is 0 Å². The second-order valence-corrected chi connectivity index (χ2v) is 5.08. The lowest BCUT2D eigenvalue weighted by molar-refractivity contribution is 0.0161. The highest BCUT2D eigenvalue weighted by molar-refractivity contribution is 4.96. The van der Waals surface area contributed by atoms with Gasteiger partial charge in [-0.05, 0) is 56.9 Å². The van der Waals surface area contributed by atoms with Gasteiger partial charge in [-0.25, -0.2) is 0 Å². The minimum Gasteiger partial charge on any atom is -0.317 e. The number of rotatable bonds is 1. The van der Waals surface area contributed by atoms with E-state index in [1.54, 1.807) is 0 Å². The fraction of sp³-hybridized carbons (Fsp3) is 1.00. The van der Waals surface area contributed by atoms with Gasteiger partial charge in [-0.2, -0.15) is 0 Å². The Morgan fingerprint density at radius 3 is 1.93 bits per heavy atom. The maximum absolute atomic E-state index is 3.40. The van der Waals surface area contributed by atoms with Crippen molar-refractivity contribution in [3.63, 3.8) is 0 Å². The molecule has 2 fully saturated rings. The van der Waals surface area contributed by atoms with Crippen LogP contribution in [-0.4, -0.2) is 13.1 Å². The Balaban J connectivity index is 0.000000461. The molecule has 0 aromatic rings. The van der Waals surface area contributed by atoms with E-state index in [4.69, 9.17) is 0 Å². The minimum absolute atomic E-state index is 0.812. The van der Waals surface area contributed by atoms with E-state index in [0.29, 0.717) is 0 Å². The molecule has 0 aliphatic heterocycles. The van der Waals surface area contributed by atoms with Gasteiger partial charge in [0.05, 0.1) is 0 Å². The first kappa shape index (κ1) is 12.0. The third-order valence-electron chi connectivity index (χ3n) is 4.02. The summed E-state index contributed by atoms with van der Waals surface area (Å²) < 4.78 is 0. The van der Waals surface area contributed by atoms with Gasteiger partial charge in [0.25, 0.3) is 0 Å². The second kappa shape index (κ2) is 5.16. The van der Waals surface area contributed by atoms with Crippen LogP contribution in [0.2, 0.25) is 0 Å². The minimum atomic E-state index is 0.812. The monoisotopic (exact) mass is 197 g/mol. The highest BCUT2D eigenvalue weighted by Gasteiger charge is 2.43. The summed E-state index contributed by atoms with van der Waals surface area (Å²) in [5.41, 5.74) is 0.812. The van der Waals surface area contributed by atoms with E-state index in [1.165, 1.54) is 38.5 Å². The molecular formula is C13H27N. The van der Waals surface area contributed by atoms with Gasteiger partial charge < -0.3 is 5.32 Å². The molecule has 1 spiro atoms. The van der Waals surface area contributed by atoms with Crippen molar-refractivity contribution in [3.05, 3.63) is 0 Å². The Kier molecular flexibility index (Phi) is 4.43. The van der Waals surface area contributed by atoms with Crippen LogP contribution in [-0.2, 0) is 0 Å². The Hall–Kier alpha value is -0.0400. The van der Waals surface area contributed by atoms with Crippen molar-refractivity contribution < 1.29 is 0 Å². The molecule has 0 amide bonds. The Bertz CT molecular complexity index is 149. The molecule has 0 atom stereocenters. The van der Waals surface area contributed by atoms with Crippen molar-refractivity contribution in [3.8, 4) is 0 Å². The summed E-state index contributed by atoms with van der Waals surface area (Å²) in [5.74, 6) is 1.02. The molecule has 1 heteroatoms. The maximum atomic E-state index is 3.40. The molecule has 1 N–H and O–H groups in total. The normalized spacial score (nSPS) is 41.1. The van der Waals surface area contributed by atoms with Crippen LogP contribution in [0.4, 0.5) is 0 Å². The van der Waals surface area contributed by atoms with E-state index < -0.39 is 0 Å². The molecule has 0 radical (unpaired) electrons. The van der Waals surface area contributed by atoms with Gasteiger partial charge in [0, 0.05) is 6.04 Å². The van der Waals surface area contributed by atoms with E-state index in [1.807, 2.05) is 13.8 Å². The summed E-state index contributed by atoms with van der Waals surface area (Å²) in [6.07, 6.45) is 8.85. The lowest BCUT2D eigenvalue weighted by Crippen LogP contribution is -2.42. The molecule has 0 bridgehead atoms. The largest absolute Gasteiger partial charge is 0.317 e. The van der Waals surface area contributed by atoms with E-state index in [9.17, 15) is 0 Å². The molecule has 2 aliphatic carbocycles. The third-order valence-corrected chi connectivity index (χ3v) is 4.02. The Morgan fingerprint density at radius 1 is 1.07 bits per heavy atom. The van der Waals surface area contributed by atoms with Crippen LogP contribution in [0.3, 0.4) is 0 Å². The van der Waals surface area contributed by atoms with Gasteiger partial charge in [-0.3, -0.25) is 0 Å². The first-order chi connectivity index (χ1) is 6.74. The summed E-state index contributed by atoms with van der Waals surface area (Å²) in [7, 11) is 2.10. The van der Waals surface area contributed by atoms with Crippen molar-refractivity contribution in [1.82, 2.24) is 5.32 Å². The van der Waals surface area contributed by atoms with Crippen molar-refractivity contribution in [2.45, 2.75) is 65.3 Å². The average molecular weight is 197 g/mol. The standard InChI is InChI=1S/C11H21N.C2H6/c1-9-7-11(8-9)5-3-10(12-2)4-6-11;1-2/h9-10,12H,3-8H2,1-2H3;1-2H3. The van der Waals surface area contributed by atoms with Crippen LogP contribution in [0.5, 0.6) is 0 Å². The topological polar surface area (TPSA) is 12.0 Å². The van der Waals surface area contributed by atoms with Crippen LogP contribution < -0.4 is 5.32 Å². The van der Waals surface area contributed by atoms with Crippen LogP contribution in [0.1, 0.15) is 59.3 Å². The molecule has 1 nitrogen and oxygen atoms in total. The van der Waals surface area contributed by atoms with Crippen molar-refractivity contribution in [2.24, 2.45) is 11.3 Å². The lowest BCUT2D eigenvalue weighted by Gasteiger charge is -2.50. The number of hydrogen-bond donors (Lipinski definition) is 1. The van der Waals surface area contributed by atoms with E-state index in [-0.39, 0.29) is 0 Å². The summed E-state index contributed by atoms with van der Waals surface area (Å²) in [6.45, 7) is 6.40. The summed E-state index contributed by atoms with van der Waals surface area (Å²) in [6, 6.07) is 0.825. The van der Waals surface area contributed by atoms with Crippen molar-refractivity contribution >= 4 is 0 Å². The molecule has 14 heavy (non-hydrogen) atoms. The van der Waals surface area contributed by atoms with Gasteiger partial charge in [-0.1, -0.05) is 20.8 Å². The van der Waals surface area contributed by atoms with E-state index >= 15 is 0 Å². The summed E-state index contributed by atoms with van der Waals surface area (Å²) >= 11 is 0. The molecule has 0 saturated heterocycles. The number of hydrogen-bond acceptors (Lipinski definition) is 1. The Morgan fingerprint density at radius 2 is 1.57 bits per heavy atom. The van der Waals surface area contributed by atoms with Gasteiger partial charge in [0.15, 0.2) is 0 Å². The smallest absolute Gasteiger partial charge is 0.00644 e. The van der Waals surface area contributed by atoms with Gasteiger partial charge in [0.1, 0.15) is 0 Å². The molecule has 2 saturated carbocycles. The molecule has 0 unspecified atom stereocenters. The SMILES string of the molecule is CC.CNC1CCC2(CC1)CC(C)C2. The molecular weight excluding hydrogens is 170 g/mol. The first-order valence-corrected chi connectivity index (χ1v) is 6.41. The quantitative estimate of drug-likeness (QED) is 0.677. The average Bonchev–Trinajstić information content (AvgIpc) is 2.20. The van der Waals surface area contributed by atoms with Gasteiger partial charge in [-0.15, -0.1) is 0 Å². The first-order valence-electron chi connectivity index (χ1n) is 6.41. The Labute approximate surface area is 89.7 Å². The summed E-state index contributed by atoms with van der Waals surface area (Å²) in [4.78, 5) is 0. The summed E-state index contributed by atoms with van der Waals surface area (Å²) in [5, 5.41) is 3.40. The molecule has 0 aromatic carbocycles.